The highest BCUT2D eigenvalue weighted by Gasteiger charge is 2.19. The van der Waals surface area contributed by atoms with Crippen molar-refractivity contribution in [1.29, 1.82) is 0 Å². The third-order valence-electron chi connectivity index (χ3n) is 2.73. The van der Waals surface area contributed by atoms with Crippen molar-refractivity contribution >= 4 is 21.7 Å². The normalized spacial score (nSPS) is 10.6. The molecule has 88 valence electrons. The molecule has 0 unspecified atom stereocenters. The molecule has 0 saturated heterocycles. The number of hydrogen-bond donors (Lipinski definition) is 0. The van der Waals surface area contributed by atoms with Crippen molar-refractivity contribution in [2.75, 3.05) is 0 Å². The number of benzene rings is 1. The topological polar surface area (TPSA) is 30.2 Å². The first-order chi connectivity index (χ1) is 8.00. The maximum absolute atomic E-state index is 12.4. The van der Waals surface area contributed by atoms with Crippen LogP contribution in [-0.4, -0.2) is 5.78 Å². The summed E-state index contributed by atoms with van der Waals surface area (Å²) in [7, 11) is 0. The lowest BCUT2D eigenvalue weighted by Crippen LogP contribution is -2.06. The van der Waals surface area contributed by atoms with Crippen LogP contribution in [0.4, 0.5) is 0 Å². The fourth-order valence-corrected chi connectivity index (χ4v) is 2.49. The van der Waals surface area contributed by atoms with Crippen LogP contribution in [0.3, 0.4) is 0 Å². The van der Waals surface area contributed by atoms with E-state index in [1.807, 2.05) is 32.9 Å². The number of hydrogen-bond acceptors (Lipinski definition) is 2. The molecule has 2 nitrogen and oxygen atoms in total. The lowest BCUT2D eigenvalue weighted by molar-refractivity contribution is 0.101. The summed E-state index contributed by atoms with van der Waals surface area (Å²) in [6.07, 6.45) is 1.51. The zero-order valence-corrected chi connectivity index (χ0v) is 11.6. The van der Waals surface area contributed by atoms with E-state index in [-0.39, 0.29) is 5.78 Å². The van der Waals surface area contributed by atoms with Crippen LogP contribution >= 0.6 is 15.9 Å². The third-order valence-corrected chi connectivity index (χ3v) is 3.35. The maximum atomic E-state index is 12.4. The number of aryl methyl sites for hydroxylation is 3. The van der Waals surface area contributed by atoms with Gasteiger partial charge in [0.25, 0.3) is 0 Å². The molecule has 2 aromatic rings. The molecule has 0 aliphatic heterocycles. The summed E-state index contributed by atoms with van der Waals surface area (Å²) in [6.45, 7) is 5.92. The van der Waals surface area contributed by atoms with Crippen LogP contribution in [0.15, 0.2) is 33.4 Å². The van der Waals surface area contributed by atoms with Gasteiger partial charge in [-0.1, -0.05) is 17.7 Å². The van der Waals surface area contributed by atoms with E-state index in [2.05, 4.69) is 15.9 Å². The van der Waals surface area contributed by atoms with E-state index in [4.69, 9.17) is 4.42 Å². The number of halogens is 1. The van der Waals surface area contributed by atoms with Gasteiger partial charge >= 0.3 is 0 Å². The van der Waals surface area contributed by atoms with Crippen molar-refractivity contribution in [3.8, 4) is 0 Å². The molecule has 2 rings (SSSR count). The van der Waals surface area contributed by atoms with E-state index < -0.39 is 0 Å². The van der Waals surface area contributed by atoms with E-state index >= 15 is 0 Å². The van der Waals surface area contributed by atoms with Gasteiger partial charge < -0.3 is 4.42 Å². The number of rotatable bonds is 2. The second-order valence-electron chi connectivity index (χ2n) is 4.20. The van der Waals surface area contributed by atoms with Crippen LogP contribution < -0.4 is 0 Å². The van der Waals surface area contributed by atoms with Crippen LogP contribution in [0.5, 0.6) is 0 Å². The Hall–Kier alpha value is -1.35. The number of furan rings is 1. The molecule has 0 amide bonds. The Labute approximate surface area is 109 Å². The van der Waals surface area contributed by atoms with Crippen LogP contribution in [0.1, 0.15) is 32.8 Å². The summed E-state index contributed by atoms with van der Waals surface area (Å²) < 4.78 is 5.92. The number of carbonyl (C=O) groups is 1. The molecule has 0 saturated carbocycles. The second-order valence-corrected chi connectivity index (χ2v) is 5.05. The molecule has 1 heterocycles. The van der Waals surface area contributed by atoms with Crippen LogP contribution in [0.25, 0.3) is 0 Å². The monoisotopic (exact) mass is 292 g/mol. The fourth-order valence-electron chi connectivity index (χ4n) is 2.11. The van der Waals surface area contributed by atoms with Crippen molar-refractivity contribution in [3.05, 3.63) is 56.9 Å². The quantitative estimate of drug-likeness (QED) is 0.777. The Balaban J connectivity index is 2.56. The van der Waals surface area contributed by atoms with Gasteiger partial charge in [0.15, 0.2) is 5.76 Å². The predicted octanol–water partition coefficient (Wildman–Crippen LogP) is 4.20. The molecule has 3 heteroatoms. The summed E-state index contributed by atoms with van der Waals surface area (Å²) in [6, 6.07) is 5.75. The van der Waals surface area contributed by atoms with Crippen molar-refractivity contribution in [2.45, 2.75) is 20.8 Å². The molecule has 0 aliphatic rings. The molecular formula is C14H13BrO2. The van der Waals surface area contributed by atoms with Gasteiger partial charge in [0.05, 0.1) is 10.7 Å². The summed E-state index contributed by atoms with van der Waals surface area (Å²) in [5, 5.41) is 0. The summed E-state index contributed by atoms with van der Waals surface area (Å²) in [5.41, 5.74) is 3.85. The first-order valence-electron chi connectivity index (χ1n) is 5.36. The van der Waals surface area contributed by atoms with Gasteiger partial charge in [0.1, 0.15) is 0 Å². The Morgan fingerprint density at radius 3 is 2.24 bits per heavy atom. The molecule has 0 aliphatic carbocycles. The molecule has 1 aromatic carbocycles. The van der Waals surface area contributed by atoms with Gasteiger partial charge in [0.2, 0.25) is 5.78 Å². The number of ketones is 1. The zero-order chi connectivity index (χ0) is 12.6. The minimum absolute atomic E-state index is 0.0723. The van der Waals surface area contributed by atoms with E-state index in [1.54, 1.807) is 6.07 Å². The standard InChI is InChI=1S/C14H13BrO2/c1-8-6-9(2)12(10(3)7-8)13(16)14-11(15)4-5-17-14/h4-7H,1-3H3. The van der Waals surface area contributed by atoms with E-state index in [1.165, 1.54) is 6.26 Å². The van der Waals surface area contributed by atoms with Gasteiger partial charge in [0, 0.05) is 5.56 Å². The van der Waals surface area contributed by atoms with Gasteiger partial charge in [-0.3, -0.25) is 4.79 Å². The molecule has 17 heavy (non-hydrogen) atoms. The van der Waals surface area contributed by atoms with Gasteiger partial charge in [-0.15, -0.1) is 0 Å². The minimum atomic E-state index is -0.0723. The summed E-state index contributed by atoms with van der Waals surface area (Å²) in [5.74, 6) is 0.289. The van der Waals surface area contributed by atoms with Crippen molar-refractivity contribution in [2.24, 2.45) is 0 Å². The Kier molecular flexibility index (Phi) is 3.20. The third kappa shape index (κ3) is 2.20. The van der Waals surface area contributed by atoms with Crippen LogP contribution in [-0.2, 0) is 0 Å². The lowest BCUT2D eigenvalue weighted by atomic mass is 9.95. The fraction of sp³-hybridized carbons (Fsp3) is 0.214. The SMILES string of the molecule is Cc1cc(C)c(C(=O)c2occc2Br)c(C)c1. The molecule has 0 fully saturated rings. The van der Waals surface area contributed by atoms with Gasteiger partial charge in [-0.05, 0) is 53.9 Å². The molecule has 0 bridgehead atoms. The van der Waals surface area contributed by atoms with Crippen LogP contribution in [0.2, 0.25) is 0 Å². The highest BCUT2D eigenvalue weighted by atomic mass is 79.9. The number of carbonyl (C=O) groups excluding carboxylic acids is 1. The molecule has 0 atom stereocenters. The Bertz CT molecular complexity index is 559. The molecule has 0 radical (unpaired) electrons. The van der Waals surface area contributed by atoms with Gasteiger partial charge in [-0.25, -0.2) is 0 Å². The summed E-state index contributed by atoms with van der Waals surface area (Å²) >= 11 is 3.31. The first-order valence-corrected chi connectivity index (χ1v) is 6.15. The van der Waals surface area contributed by atoms with Crippen molar-refractivity contribution < 1.29 is 9.21 Å². The Morgan fingerprint density at radius 1 is 1.18 bits per heavy atom. The van der Waals surface area contributed by atoms with E-state index in [0.717, 1.165) is 22.3 Å². The minimum Gasteiger partial charge on any atom is -0.460 e. The highest BCUT2D eigenvalue weighted by Crippen LogP contribution is 2.25. The second kappa shape index (κ2) is 4.49. The summed E-state index contributed by atoms with van der Waals surface area (Å²) in [4.78, 5) is 12.4. The lowest BCUT2D eigenvalue weighted by Gasteiger charge is -2.09. The smallest absolute Gasteiger partial charge is 0.229 e. The van der Waals surface area contributed by atoms with E-state index in [0.29, 0.717) is 10.2 Å². The maximum Gasteiger partial charge on any atom is 0.229 e. The molecule has 1 aromatic heterocycles. The Morgan fingerprint density at radius 2 is 1.76 bits per heavy atom. The van der Waals surface area contributed by atoms with Crippen molar-refractivity contribution in [3.63, 3.8) is 0 Å². The van der Waals surface area contributed by atoms with Gasteiger partial charge in [-0.2, -0.15) is 0 Å². The van der Waals surface area contributed by atoms with E-state index in [9.17, 15) is 4.79 Å². The molecular weight excluding hydrogens is 280 g/mol. The average Bonchev–Trinajstić information content (AvgIpc) is 2.62. The first kappa shape index (κ1) is 12.1. The van der Waals surface area contributed by atoms with Crippen molar-refractivity contribution in [1.82, 2.24) is 0 Å². The van der Waals surface area contributed by atoms with Crippen LogP contribution in [0, 0.1) is 20.8 Å². The largest absolute Gasteiger partial charge is 0.460 e. The average molecular weight is 293 g/mol. The zero-order valence-electron chi connectivity index (χ0n) is 10.0. The molecule has 0 N–H and O–H groups in total. The predicted molar refractivity (Wildman–Crippen MR) is 70.5 cm³/mol. The highest BCUT2D eigenvalue weighted by molar-refractivity contribution is 9.10. The molecule has 0 spiro atoms.